The van der Waals surface area contributed by atoms with E-state index in [0.29, 0.717) is 5.69 Å². The minimum atomic E-state index is -4.29. The molecule has 11 nitrogen and oxygen atoms in total. The van der Waals surface area contributed by atoms with Crippen LogP contribution in [-0.4, -0.2) is 35.6 Å². The molecule has 1 amide bonds. The number of nitrogens with zero attached hydrogens (tertiary/aromatic N) is 2. The summed E-state index contributed by atoms with van der Waals surface area (Å²) in [5, 5.41) is 39.2. The Bertz CT molecular complexity index is 1430. The van der Waals surface area contributed by atoms with Crippen molar-refractivity contribution in [3.8, 4) is 5.75 Å². The van der Waals surface area contributed by atoms with Gasteiger partial charge in [-0.3, -0.25) is 9.52 Å². The Labute approximate surface area is 200 Å². The Hall–Kier alpha value is -4.71. The third-order valence-electron chi connectivity index (χ3n) is 4.51. The van der Waals surface area contributed by atoms with Crippen molar-refractivity contribution >= 4 is 39.0 Å². The number of anilines is 2. The number of sulfonamides is 1. The molecule has 5 N–H and O–H groups in total. The maximum Gasteiger partial charge on any atom is 0.337 e. The van der Waals surface area contributed by atoms with Crippen molar-refractivity contribution in [1.29, 1.82) is 0 Å². The van der Waals surface area contributed by atoms with Gasteiger partial charge in [-0.2, -0.15) is 0 Å². The minimum absolute atomic E-state index is 0.157. The molecule has 0 atom stereocenters. The Morgan fingerprint density at radius 1 is 0.914 bits per heavy atom. The number of benzene rings is 3. The van der Waals surface area contributed by atoms with Crippen LogP contribution >= 0.6 is 0 Å². The van der Waals surface area contributed by atoms with Gasteiger partial charge in [0.25, 0.3) is 15.9 Å². The average Bonchev–Trinajstić information content (AvgIpc) is 2.80. The number of nitrogens with one attached hydrogen (secondary N) is 2. The van der Waals surface area contributed by atoms with Gasteiger partial charge in [0, 0.05) is 5.69 Å². The standard InChI is InChI=1S/C23H20N4O7S/c1-14(28)21(22(30)24-15-7-3-2-4-8-15)26-25-19-13-16(11-12-20(19)29)35(33,34)27-18-10-6-5-9-17(18)23(31)32/h2-13,27-29H,1H3,(H,24,30)(H,31,32)/b21-14-,26-25?. The number of carbonyl (C=O) groups excluding carboxylic acids is 1. The van der Waals surface area contributed by atoms with Gasteiger partial charge in [0.1, 0.15) is 17.2 Å². The third-order valence-corrected chi connectivity index (χ3v) is 5.87. The largest absolute Gasteiger partial charge is 0.510 e. The zero-order valence-electron chi connectivity index (χ0n) is 18.2. The van der Waals surface area contributed by atoms with Crippen LogP contribution in [0, 0.1) is 0 Å². The quantitative estimate of drug-likeness (QED) is 0.174. The number of rotatable bonds is 8. The van der Waals surface area contributed by atoms with Crippen LogP contribution in [0.4, 0.5) is 17.1 Å². The summed E-state index contributed by atoms with van der Waals surface area (Å²) in [5.41, 5.74) is -0.752. The van der Waals surface area contributed by atoms with Crippen LogP contribution < -0.4 is 10.0 Å². The number of aromatic carboxylic acids is 1. The summed E-state index contributed by atoms with van der Waals surface area (Å²) in [7, 11) is -4.29. The lowest BCUT2D eigenvalue weighted by Crippen LogP contribution is -2.15. The molecule has 180 valence electrons. The fourth-order valence-corrected chi connectivity index (χ4v) is 3.91. The number of phenolic OH excluding ortho intramolecular Hbond substituents is 1. The Morgan fingerprint density at radius 2 is 1.57 bits per heavy atom. The molecule has 3 aromatic carbocycles. The van der Waals surface area contributed by atoms with Crippen LogP contribution in [0.1, 0.15) is 17.3 Å². The van der Waals surface area contributed by atoms with E-state index in [1.54, 1.807) is 30.3 Å². The first kappa shape index (κ1) is 24.9. The summed E-state index contributed by atoms with van der Waals surface area (Å²) in [6.07, 6.45) is 0. The van der Waals surface area contributed by atoms with Gasteiger partial charge >= 0.3 is 5.97 Å². The fraction of sp³-hybridized carbons (Fsp3) is 0.0435. The second-order valence-corrected chi connectivity index (χ2v) is 8.74. The second kappa shape index (κ2) is 10.5. The SMILES string of the molecule is C/C(O)=C(/N=Nc1cc(S(=O)(=O)Nc2ccccc2C(=O)O)ccc1O)C(=O)Nc1ccccc1. The molecule has 0 heterocycles. The Morgan fingerprint density at radius 3 is 2.23 bits per heavy atom. The molecule has 0 fully saturated rings. The number of aromatic hydroxyl groups is 1. The first-order valence-corrected chi connectivity index (χ1v) is 11.4. The van der Waals surface area contributed by atoms with Crippen LogP contribution in [0.25, 0.3) is 0 Å². The van der Waals surface area contributed by atoms with Crippen LogP contribution in [0.15, 0.2) is 99.4 Å². The van der Waals surface area contributed by atoms with E-state index in [4.69, 9.17) is 0 Å². The summed E-state index contributed by atoms with van der Waals surface area (Å²) in [4.78, 5) is 23.5. The zero-order valence-corrected chi connectivity index (χ0v) is 19.0. The molecule has 35 heavy (non-hydrogen) atoms. The number of azo groups is 1. The summed E-state index contributed by atoms with van der Waals surface area (Å²) < 4.78 is 27.8. The molecule has 12 heteroatoms. The number of aliphatic hydroxyl groups excluding tert-OH is 1. The number of phenols is 1. The van der Waals surface area contributed by atoms with Gasteiger partial charge < -0.3 is 20.6 Å². The van der Waals surface area contributed by atoms with Gasteiger partial charge in [-0.05, 0) is 49.4 Å². The third kappa shape index (κ3) is 6.21. The van der Waals surface area contributed by atoms with Gasteiger partial charge in [0.2, 0.25) is 0 Å². The van der Waals surface area contributed by atoms with Gasteiger partial charge in [0.15, 0.2) is 5.70 Å². The molecule has 0 aliphatic carbocycles. The van der Waals surface area contributed by atoms with Crippen LogP contribution in [0.2, 0.25) is 0 Å². The normalized spacial score (nSPS) is 12.1. The smallest absolute Gasteiger partial charge is 0.337 e. The lowest BCUT2D eigenvalue weighted by atomic mass is 10.2. The van der Waals surface area contributed by atoms with Crippen molar-refractivity contribution in [2.75, 3.05) is 10.0 Å². The molecule has 0 saturated heterocycles. The molecule has 0 bridgehead atoms. The van der Waals surface area contributed by atoms with Gasteiger partial charge in [-0.25, -0.2) is 13.2 Å². The van der Waals surface area contributed by atoms with Crippen LogP contribution in [0.3, 0.4) is 0 Å². The van der Waals surface area contributed by atoms with E-state index < -0.39 is 39.1 Å². The summed E-state index contributed by atoms with van der Waals surface area (Å²) in [6.45, 7) is 1.21. The zero-order chi connectivity index (χ0) is 25.6. The van der Waals surface area contributed by atoms with Crippen LogP contribution in [-0.2, 0) is 14.8 Å². The van der Waals surface area contributed by atoms with E-state index in [9.17, 15) is 33.3 Å². The molecular weight excluding hydrogens is 476 g/mol. The Balaban J connectivity index is 1.89. The van der Waals surface area contributed by atoms with Gasteiger partial charge in [0.05, 0.1) is 16.1 Å². The maximum absolute atomic E-state index is 12.8. The van der Waals surface area contributed by atoms with E-state index in [1.165, 1.54) is 31.2 Å². The second-order valence-electron chi connectivity index (χ2n) is 7.06. The van der Waals surface area contributed by atoms with Crippen molar-refractivity contribution in [2.45, 2.75) is 11.8 Å². The first-order valence-electron chi connectivity index (χ1n) is 9.94. The highest BCUT2D eigenvalue weighted by Crippen LogP contribution is 2.31. The molecule has 0 saturated carbocycles. The van der Waals surface area contributed by atoms with Crippen molar-refractivity contribution in [3.63, 3.8) is 0 Å². The number of amides is 1. The number of aliphatic hydroxyl groups is 1. The molecular formula is C23H20N4O7S. The number of carboxylic acids is 1. The Kier molecular flexibility index (Phi) is 7.46. The average molecular weight is 497 g/mol. The molecule has 0 aromatic heterocycles. The number of para-hydroxylation sites is 2. The topological polar surface area (TPSA) is 178 Å². The van der Waals surface area contributed by atoms with E-state index >= 15 is 0 Å². The molecule has 0 spiro atoms. The van der Waals surface area contributed by atoms with Gasteiger partial charge in [-0.1, -0.05) is 30.3 Å². The minimum Gasteiger partial charge on any atom is -0.510 e. The molecule has 0 aliphatic rings. The number of carbonyl (C=O) groups is 2. The predicted molar refractivity (Wildman–Crippen MR) is 127 cm³/mol. The summed E-state index contributed by atoms with van der Waals surface area (Å²) >= 11 is 0. The lowest BCUT2D eigenvalue weighted by Gasteiger charge is -2.11. The van der Waals surface area contributed by atoms with Crippen molar-refractivity contribution in [1.82, 2.24) is 0 Å². The van der Waals surface area contributed by atoms with E-state index in [2.05, 4.69) is 20.3 Å². The predicted octanol–water partition coefficient (Wildman–Crippen LogP) is 4.40. The highest BCUT2D eigenvalue weighted by molar-refractivity contribution is 7.92. The number of hydrogen-bond acceptors (Lipinski definition) is 8. The lowest BCUT2D eigenvalue weighted by molar-refractivity contribution is -0.113. The highest BCUT2D eigenvalue weighted by Gasteiger charge is 2.20. The summed E-state index contributed by atoms with van der Waals surface area (Å²) in [5.74, 6) is -3.01. The van der Waals surface area contributed by atoms with Crippen molar-refractivity contribution < 1.29 is 33.3 Å². The van der Waals surface area contributed by atoms with Crippen molar-refractivity contribution in [2.24, 2.45) is 10.2 Å². The monoisotopic (exact) mass is 496 g/mol. The number of carboxylic acid groups (broad SMARTS) is 1. The maximum atomic E-state index is 12.8. The molecule has 0 aliphatic heterocycles. The van der Waals surface area contributed by atoms with Gasteiger partial charge in [-0.15, -0.1) is 10.2 Å². The molecule has 0 radical (unpaired) electrons. The number of hydrogen-bond donors (Lipinski definition) is 5. The van der Waals surface area contributed by atoms with E-state index in [0.717, 1.165) is 18.2 Å². The number of allylic oxidation sites excluding steroid dienone is 1. The van der Waals surface area contributed by atoms with E-state index in [1.807, 2.05) is 0 Å². The molecule has 3 aromatic rings. The molecule has 0 unspecified atom stereocenters. The highest BCUT2D eigenvalue weighted by atomic mass is 32.2. The van der Waals surface area contributed by atoms with Crippen LogP contribution in [0.5, 0.6) is 5.75 Å². The molecule has 3 rings (SSSR count). The fourth-order valence-electron chi connectivity index (χ4n) is 2.81. The summed E-state index contributed by atoms with van der Waals surface area (Å²) in [6, 6.07) is 16.9. The first-order chi connectivity index (χ1) is 16.6. The van der Waals surface area contributed by atoms with E-state index in [-0.39, 0.29) is 21.8 Å². The van der Waals surface area contributed by atoms with Crippen molar-refractivity contribution in [3.05, 3.63) is 89.8 Å².